The van der Waals surface area contributed by atoms with E-state index in [1.807, 2.05) is 18.2 Å². The van der Waals surface area contributed by atoms with E-state index in [0.717, 1.165) is 35.2 Å². The first-order valence-corrected chi connectivity index (χ1v) is 11.6. The molecule has 1 aromatic carbocycles. The molecular formula is C25H22ClN5O4. The summed E-state index contributed by atoms with van der Waals surface area (Å²) < 4.78 is 17.5. The Hall–Kier alpha value is -3.50. The number of nitrogens with one attached hydrogen (secondary N) is 2. The summed E-state index contributed by atoms with van der Waals surface area (Å²) in [6.45, 7) is 0.992. The van der Waals surface area contributed by atoms with Crippen molar-refractivity contribution in [2.75, 3.05) is 18.5 Å². The predicted octanol–water partition coefficient (Wildman–Crippen LogP) is 3.75. The van der Waals surface area contributed by atoms with Crippen molar-refractivity contribution in [2.45, 2.75) is 24.7 Å². The smallest absolute Gasteiger partial charge is 0.274 e. The summed E-state index contributed by atoms with van der Waals surface area (Å²) in [4.78, 5) is 21.4. The van der Waals surface area contributed by atoms with Gasteiger partial charge in [0.05, 0.1) is 36.4 Å². The number of fused-ring (bicyclic) bond motifs is 4. The van der Waals surface area contributed by atoms with E-state index in [4.69, 9.17) is 31.5 Å². The number of amides is 1. The Morgan fingerprint density at radius 1 is 1.14 bits per heavy atom. The Morgan fingerprint density at radius 3 is 2.77 bits per heavy atom. The zero-order valence-electron chi connectivity index (χ0n) is 18.6. The van der Waals surface area contributed by atoms with E-state index in [1.54, 1.807) is 30.7 Å². The number of rotatable bonds is 3. The van der Waals surface area contributed by atoms with E-state index in [0.29, 0.717) is 28.8 Å². The summed E-state index contributed by atoms with van der Waals surface area (Å²) in [6.07, 6.45) is 6.08. The Morgan fingerprint density at radius 2 is 2.03 bits per heavy atom. The maximum Gasteiger partial charge on any atom is 0.274 e. The Kier molecular flexibility index (Phi) is 5.42. The molecule has 6 rings (SSSR count). The van der Waals surface area contributed by atoms with Crippen LogP contribution >= 0.6 is 11.6 Å². The summed E-state index contributed by atoms with van der Waals surface area (Å²) >= 11 is 5.89. The zero-order valence-corrected chi connectivity index (χ0v) is 19.3. The van der Waals surface area contributed by atoms with Crippen LogP contribution in [-0.4, -0.2) is 35.4 Å². The van der Waals surface area contributed by atoms with Crippen molar-refractivity contribution in [3.63, 3.8) is 0 Å². The highest BCUT2D eigenvalue weighted by Crippen LogP contribution is 2.49. The largest absolute Gasteiger partial charge is 0.501 e. The first-order valence-electron chi connectivity index (χ1n) is 11.2. The number of carbonyl (C=O) groups is 1. The molecule has 1 fully saturated rings. The first kappa shape index (κ1) is 22.0. The lowest BCUT2D eigenvalue weighted by Crippen LogP contribution is -2.47. The quantitative estimate of drug-likeness (QED) is 0.506. The second-order valence-electron chi connectivity index (χ2n) is 8.59. The van der Waals surface area contributed by atoms with Gasteiger partial charge in [-0.1, -0.05) is 11.6 Å². The molecule has 0 aliphatic carbocycles. The van der Waals surface area contributed by atoms with Crippen LogP contribution in [0.15, 0.2) is 55.1 Å². The number of nitrogens with two attached hydrogens (primary N) is 1. The van der Waals surface area contributed by atoms with Gasteiger partial charge in [-0.05, 0) is 49.2 Å². The standard InChI is InChI=1S/C25H22ClN5O4/c26-15-3-5-19(28-10-15)23(32)30-16-4-6-21-17(8-16)25(13-34-24(27)31-25)18-9-20(29-11-22(18)35-21)14-2-1-7-33-12-14/h3-6,8-12,24,31H,1-2,7,13,27H2,(H,30,32)/t24?,25-/m0/s1. The molecule has 1 spiro atoms. The minimum absolute atomic E-state index is 0.256. The number of aromatic nitrogens is 2. The van der Waals surface area contributed by atoms with Gasteiger partial charge in [-0.3, -0.25) is 20.8 Å². The van der Waals surface area contributed by atoms with Crippen LogP contribution in [-0.2, 0) is 15.0 Å². The number of halogens is 1. The third-order valence-corrected chi connectivity index (χ3v) is 6.56. The van der Waals surface area contributed by atoms with Gasteiger partial charge in [0.2, 0.25) is 0 Å². The van der Waals surface area contributed by atoms with Gasteiger partial charge in [0, 0.05) is 28.6 Å². The Labute approximate surface area is 206 Å². The van der Waals surface area contributed by atoms with Crippen LogP contribution in [0.4, 0.5) is 5.69 Å². The van der Waals surface area contributed by atoms with Gasteiger partial charge < -0.3 is 19.5 Å². The fourth-order valence-electron chi connectivity index (χ4n) is 4.64. The summed E-state index contributed by atoms with van der Waals surface area (Å²) in [5, 5.41) is 6.74. The number of anilines is 1. The fourth-order valence-corrected chi connectivity index (χ4v) is 4.75. The second kappa shape index (κ2) is 8.62. The normalized spacial score (nSPS) is 22.5. The third kappa shape index (κ3) is 3.92. The van der Waals surface area contributed by atoms with Gasteiger partial charge in [-0.25, -0.2) is 4.98 Å². The minimum atomic E-state index is -0.782. The maximum absolute atomic E-state index is 12.7. The number of pyridine rings is 2. The molecular weight excluding hydrogens is 470 g/mol. The highest BCUT2D eigenvalue weighted by molar-refractivity contribution is 6.30. The molecule has 2 atom stereocenters. The molecule has 0 bridgehead atoms. The maximum atomic E-state index is 12.7. The number of carbonyl (C=O) groups excluding carboxylic acids is 1. The zero-order chi connectivity index (χ0) is 24.0. The van der Waals surface area contributed by atoms with Crippen LogP contribution in [0.1, 0.15) is 40.2 Å². The number of ether oxygens (including phenoxy) is 3. The van der Waals surface area contributed by atoms with Crippen molar-refractivity contribution in [1.82, 2.24) is 15.3 Å². The molecule has 178 valence electrons. The topological polar surface area (TPSA) is 121 Å². The molecule has 4 N–H and O–H groups in total. The third-order valence-electron chi connectivity index (χ3n) is 6.34. The molecule has 0 saturated carbocycles. The van der Waals surface area contributed by atoms with Gasteiger partial charge >= 0.3 is 0 Å². The predicted molar refractivity (Wildman–Crippen MR) is 129 cm³/mol. The van der Waals surface area contributed by atoms with Crippen molar-refractivity contribution in [3.05, 3.63) is 82.6 Å². The lowest BCUT2D eigenvalue weighted by Gasteiger charge is -2.36. The number of hydrogen-bond acceptors (Lipinski definition) is 8. The highest BCUT2D eigenvalue weighted by Gasteiger charge is 2.48. The first-order chi connectivity index (χ1) is 17.0. The molecule has 5 heterocycles. The van der Waals surface area contributed by atoms with Gasteiger partial charge in [0.1, 0.15) is 17.0 Å². The molecule has 1 amide bonds. The molecule has 2 aromatic heterocycles. The molecule has 3 aliphatic rings. The van der Waals surface area contributed by atoms with E-state index in [9.17, 15) is 4.79 Å². The van der Waals surface area contributed by atoms with Crippen LogP contribution in [0, 0.1) is 0 Å². The number of allylic oxidation sites excluding steroid dienone is 1. The summed E-state index contributed by atoms with van der Waals surface area (Å²) in [6, 6.07) is 10.6. The average Bonchev–Trinajstić information content (AvgIpc) is 3.27. The molecule has 1 saturated heterocycles. The molecule has 9 nitrogen and oxygen atoms in total. The molecule has 3 aromatic rings. The minimum Gasteiger partial charge on any atom is -0.501 e. The molecule has 0 radical (unpaired) electrons. The number of hydrogen-bond donors (Lipinski definition) is 3. The van der Waals surface area contributed by atoms with Crippen molar-refractivity contribution in [3.8, 4) is 11.5 Å². The van der Waals surface area contributed by atoms with Crippen molar-refractivity contribution in [1.29, 1.82) is 0 Å². The SMILES string of the molecule is NC1N[C@@]2(CO1)c1cc(NC(=O)c3ccc(Cl)cn3)ccc1Oc1cnc(C3=COCCC3)cc12. The van der Waals surface area contributed by atoms with Crippen LogP contribution in [0.2, 0.25) is 5.02 Å². The van der Waals surface area contributed by atoms with Gasteiger partial charge in [0.15, 0.2) is 12.1 Å². The number of benzene rings is 1. The molecule has 35 heavy (non-hydrogen) atoms. The highest BCUT2D eigenvalue weighted by atomic mass is 35.5. The van der Waals surface area contributed by atoms with Gasteiger partial charge in [-0.2, -0.15) is 0 Å². The summed E-state index contributed by atoms with van der Waals surface area (Å²) in [7, 11) is 0. The van der Waals surface area contributed by atoms with Crippen LogP contribution in [0.5, 0.6) is 11.5 Å². The molecule has 1 unspecified atom stereocenters. The lowest BCUT2D eigenvalue weighted by atomic mass is 9.80. The van der Waals surface area contributed by atoms with Crippen LogP contribution in [0.25, 0.3) is 5.57 Å². The second-order valence-corrected chi connectivity index (χ2v) is 9.03. The lowest BCUT2D eigenvalue weighted by molar-refractivity contribution is 0.102. The van der Waals surface area contributed by atoms with E-state index >= 15 is 0 Å². The molecule has 3 aliphatic heterocycles. The van der Waals surface area contributed by atoms with Crippen molar-refractivity contribution >= 4 is 28.8 Å². The van der Waals surface area contributed by atoms with E-state index < -0.39 is 11.9 Å². The van der Waals surface area contributed by atoms with Crippen LogP contribution < -0.4 is 21.1 Å². The van der Waals surface area contributed by atoms with Gasteiger partial charge in [0.25, 0.3) is 5.91 Å². The van der Waals surface area contributed by atoms with Crippen molar-refractivity contribution in [2.24, 2.45) is 5.73 Å². The molecule has 10 heteroatoms. The Balaban J connectivity index is 1.39. The van der Waals surface area contributed by atoms with E-state index in [1.165, 1.54) is 6.20 Å². The van der Waals surface area contributed by atoms with Crippen LogP contribution in [0.3, 0.4) is 0 Å². The number of nitrogens with zero attached hydrogens (tertiary/aromatic N) is 2. The van der Waals surface area contributed by atoms with Crippen molar-refractivity contribution < 1.29 is 19.0 Å². The average molecular weight is 492 g/mol. The monoisotopic (exact) mass is 491 g/mol. The Bertz CT molecular complexity index is 1350. The summed E-state index contributed by atoms with van der Waals surface area (Å²) in [5.74, 6) is 0.891. The van der Waals surface area contributed by atoms with Gasteiger partial charge in [-0.15, -0.1) is 0 Å². The summed E-state index contributed by atoms with van der Waals surface area (Å²) in [5.41, 5.74) is 9.68. The fraction of sp³-hybridized carbons (Fsp3) is 0.240. The van der Waals surface area contributed by atoms with E-state index in [-0.39, 0.29) is 18.2 Å². The van der Waals surface area contributed by atoms with E-state index in [2.05, 4.69) is 20.6 Å².